The van der Waals surface area contributed by atoms with Crippen LogP contribution in [0.4, 0.5) is 0 Å². The predicted molar refractivity (Wildman–Crippen MR) is 129 cm³/mol. The third-order valence-corrected chi connectivity index (χ3v) is 5.97. The van der Waals surface area contributed by atoms with Crippen LogP contribution in [0.5, 0.6) is 11.5 Å². The van der Waals surface area contributed by atoms with Gasteiger partial charge < -0.3 is 9.47 Å². The van der Waals surface area contributed by atoms with Gasteiger partial charge in [-0.3, -0.25) is 9.59 Å². The van der Waals surface area contributed by atoms with Crippen LogP contribution in [0.2, 0.25) is 0 Å². The molecule has 0 atom stereocenters. The summed E-state index contributed by atoms with van der Waals surface area (Å²) in [5.74, 6) is 0.877. The molecule has 0 N–H and O–H groups in total. The molecule has 33 heavy (non-hydrogen) atoms. The Balaban J connectivity index is 1.68. The normalized spacial score (nSPS) is 12.3. The van der Waals surface area contributed by atoms with Gasteiger partial charge in [-0.1, -0.05) is 62.4 Å². The Hall–Kier alpha value is -3.52. The van der Waals surface area contributed by atoms with Gasteiger partial charge in [-0.05, 0) is 41.7 Å². The average Bonchev–Trinajstić information content (AvgIpc) is 3.29. The maximum atomic E-state index is 12.9. The average molecular weight is 464 g/mol. The molecule has 0 fully saturated rings. The maximum Gasteiger partial charge on any atom is 0.308 e. The Labute approximate surface area is 195 Å². The number of aromatic nitrogens is 3. The first-order chi connectivity index (χ1) is 15.7. The molecule has 2 aromatic carbocycles. The summed E-state index contributed by atoms with van der Waals surface area (Å²) >= 11 is 1.27. The van der Waals surface area contributed by atoms with E-state index in [1.165, 1.54) is 28.3 Å². The summed E-state index contributed by atoms with van der Waals surface area (Å²) in [6.07, 6.45) is 1.75. The Morgan fingerprint density at radius 2 is 1.85 bits per heavy atom. The van der Waals surface area contributed by atoms with Crippen molar-refractivity contribution in [2.75, 3.05) is 6.61 Å². The van der Waals surface area contributed by atoms with Crippen LogP contribution in [-0.4, -0.2) is 27.2 Å². The van der Waals surface area contributed by atoms with E-state index < -0.39 is 5.97 Å². The zero-order valence-corrected chi connectivity index (χ0v) is 20.0. The van der Waals surface area contributed by atoms with Crippen molar-refractivity contribution in [3.05, 3.63) is 68.5 Å². The third kappa shape index (κ3) is 4.80. The Kier molecular flexibility index (Phi) is 6.03. The van der Waals surface area contributed by atoms with Crippen LogP contribution in [0.3, 0.4) is 0 Å². The van der Waals surface area contributed by atoms with Crippen molar-refractivity contribution in [3.8, 4) is 22.9 Å². The molecular formula is C25H25N3O4S. The minimum absolute atomic E-state index is 0.0614. The topological polar surface area (TPSA) is 82.8 Å². The van der Waals surface area contributed by atoms with Gasteiger partial charge in [-0.25, -0.2) is 0 Å². The number of fused-ring (bicyclic) bond motifs is 1. The standard InChI is InChI=1S/C25H25N3O4S/c1-6-31-20-13-16(7-12-19(20)32-15(2)29)14-21-23(30)28-24(33-21)26-22(27-28)17-8-10-18(11-9-17)25(3,4)5/h7-14H,6H2,1-5H3/b21-14-. The molecule has 2 heterocycles. The Morgan fingerprint density at radius 1 is 1.12 bits per heavy atom. The molecule has 0 bridgehead atoms. The van der Waals surface area contributed by atoms with Crippen LogP contribution in [0.1, 0.15) is 45.7 Å². The molecule has 170 valence electrons. The first-order valence-electron chi connectivity index (χ1n) is 10.6. The van der Waals surface area contributed by atoms with Crippen LogP contribution < -0.4 is 19.6 Å². The van der Waals surface area contributed by atoms with Crippen LogP contribution in [0, 0.1) is 0 Å². The van der Waals surface area contributed by atoms with Gasteiger partial charge in [0.15, 0.2) is 17.3 Å². The minimum atomic E-state index is -0.427. The highest BCUT2D eigenvalue weighted by atomic mass is 32.1. The van der Waals surface area contributed by atoms with E-state index >= 15 is 0 Å². The number of hydrogen-bond donors (Lipinski definition) is 0. The van der Waals surface area contributed by atoms with Crippen molar-refractivity contribution in [1.29, 1.82) is 0 Å². The van der Waals surface area contributed by atoms with Gasteiger partial charge in [0.2, 0.25) is 4.96 Å². The highest BCUT2D eigenvalue weighted by molar-refractivity contribution is 7.15. The molecule has 8 heteroatoms. The van der Waals surface area contributed by atoms with Gasteiger partial charge in [0, 0.05) is 12.5 Å². The summed E-state index contributed by atoms with van der Waals surface area (Å²) in [7, 11) is 0. The molecule has 0 saturated carbocycles. The summed E-state index contributed by atoms with van der Waals surface area (Å²) in [6, 6.07) is 13.3. The summed E-state index contributed by atoms with van der Waals surface area (Å²) in [5, 5.41) is 4.43. The van der Waals surface area contributed by atoms with E-state index in [2.05, 4.69) is 43.0 Å². The molecule has 0 saturated heterocycles. The van der Waals surface area contributed by atoms with Gasteiger partial charge in [0.05, 0.1) is 11.1 Å². The molecule has 2 aromatic heterocycles. The van der Waals surface area contributed by atoms with Crippen molar-refractivity contribution in [2.24, 2.45) is 0 Å². The van der Waals surface area contributed by atoms with E-state index in [0.29, 0.717) is 33.4 Å². The number of nitrogens with zero attached hydrogens (tertiary/aromatic N) is 3. The van der Waals surface area contributed by atoms with E-state index in [-0.39, 0.29) is 11.0 Å². The second kappa shape index (κ2) is 8.78. The first kappa shape index (κ1) is 22.7. The van der Waals surface area contributed by atoms with Gasteiger partial charge in [-0.15, -0.1) is 5.10 Å². The smallest absolute Gasteiger partial charge is 0.308 e. The number of esters is 1. The van der Waals surface area contributed by atoms with Gasteiger partial charge in [-0.2, -0.15) is 9.50 Å². The lowest BCUT2D eigenvalue weighted by Gasteiger charge is -2.18. The molecule has 0 unspecified atom stereocenters. The fraction of sp³-hybridized carbons (Fsp3) is 0.280. The third-order valence-electron chi connectivity index (χ3n) is 5.01. The van der Waals surface area contributed by atoms with Gasteiger partial charge >= 0.3 is 5.97 Å². The van der Waals surface area contributed by atoms with Crippen molar-refractivity contribution < 1.29 is 14.3 Å². The zero-order valence-electron chi connectivity index (χ0n) is 19.2. The molecular weight excluding hydrogens is 438 g/mol. The van der Waals surface area contributed by atoms with Crippen molar-refractivity contribution in [1.82, 2.24) is 14.6 Å². The monoisotopic (exact) mass is 463 g/mol. The van der Waals surface area contributed by atoms with E-state index in [1.807, 2.05) is 19.1 Å². The van der Waals surface area contributed by atoms with Gasteiger partial charge in [0.1, 0.15) is 0 Å². The molecule has 4 aromatic rings. The number of carbonyl (C=O) groups excluding carboxylic acids is 1. The lowest BCUT2D eigenvalue weighted by atomic mass is 9.87. The number of benzene rings is 2. The number of carbonyl (C=O) groups is 1. The largest absolute Gasteiger partial charge is 0.490 e. The number of rotatable bonds is 5. The van der Waals surface area contributed by atoms with Gasteiger partial charge in [0.25, 0.3) is 5.56 Å². The number of hydrogen-bond acceptors (Lipinski definition) is 7. The molecule has 0 aliphatic carbocycles. The zero-order chi connectivity index (χ0) is 23.8. The highest BCUT2D eigenvalue weighted by Crippen LogP contribution is 2.29. The minimum Gasteiger partial charge on any atom is -0.490 e. The summed E-state index contributed by atoms with van der Waals surface area (Å²) in [5.41, 5.74) is 2.66. The number of ether oxygens (including phenoxy) is 2. The molecule has 0 aliphatic heterocycles. The van der Waals surface area contributed by atoms with Crippen molar-refractivity contribution in [3.63, 3.8) is 0 Å². The molecule has 7 nitrogen and oxygen atoms in total. The first-order valence-corrected chi connectivity index (χ1v) is 11.4. The maximum absolute atomic E-state index is 12.9. The molecule has 4 rings (SSSR count). The van der Waals surface area contributed by atoms with E-state index in [9.17, 15) is 9.59 Å². The van der Waals surface area contributed by atoms with E-state index in [0.717, 1.165) is 11.1 Å². The van der Waals surface area contributed by atoms with Crippen LogP contribution in [-0.2, 0) is 10.2 Å². The molecule has 0 amide bonds. The Bertz CT molecular complexity index is 1430. The van der Waals surface area contributed by atoms with Crippen LogP contribution in [0.15, 0.2) is 47.3 Å². The van der Waals surface area contributed by atoms with E-state index in [1.54, 1.807) is 24.3 Å². The van der Waals surface area contributed by atoms with Crippen molar-refractivity contribution >= 4 is 28.3 Å². The highest BCUT2D eigenvalue weighted by Gasteiger charge is 2.16. The fourth-order valence-corrected chi connectivity index (χ4v) is 4.26. The SMILES string of the molecule is CCOc1cc(/C=c2\sc3nc(-c4ccc(C(C)(C)C)cc4)nn3c2=O)ccc1OC(C)=O. The summed E-state index contributed by atoms with van der Waals surface area (Å²) in [4.78, 5) is 29.3. The quantitative estimate of drug-likeness (QED) is 0.329. The number of thiazole rings is 1. The molecule has 0 spiro atoms. The molecule has 0 aliphatic rings. The van der Waals surface area contributed by atoms with Crippen LogP contribution in [0.25, 0.3) is 22.4 Å². The van der Waals surface area contributed by atoms with E-state index in [4.69, 9.17) is 9.47 Å². The van der Waals surface area contributed by atoms with Crippen molar-refractivity contribution in [2.45, 2.75) is 40.0 Å². The summed E-state index contributed by atoms with van der Waals surface area (Å²) < 4.78 is 12.6. The second-order valence-electron chi connectivity index (χ2n) is 8.61. The lowest BCUT2D eigenvalue weighted by molar-refractivity contribution is -0.132. The molecule has 0 radical (unpaired) electrons. The fourth-order valence-electron chi connectivity index (χ4n) is 3.35. The summed E-state index contributed by atoms with van der Waals surface area (Å²) in [6.45, 7) is 10.1. The second-order valence-corrected chi connectivity index (χ2v) is 9.61. The Morgan fingerprint density at radius 3 is 2.45 bits per heavy atom. The predicted octanol–water partition coefficient (Wildman–Crippen LogP) is 3.99. The van der Waals surface area contributed by atoms with Crippen LogP contribution >= 0.6 is 11.3 Å². The lowest BCUT2D eigenvalue weighted by Crippen LogP contribution is -2.23.